The second kappa shape index (κ2) is 6.04. The van der Waals surface area contributed by atoms with Crippen molar-refractivity contribution in [2.24, 2.45) is 11.8 Å². The number of carbonyl (C=O) groups is 2. The Morgan fingerprint density at radius 1 is 1.23 bits per heavy atom. The number of esters is 1. The van der Waals surface area contributed by atoms with E-state index in [0.717, 1.165) is 32.6 Å². The highest BCUT2D eigenvalue weighted by molar-refractivity contribution is 5.95. The maximum atomic E-state index is 12.6. The first kappa shape index (κ1) is 15.0. The van der Waals surface area contributed by atoms with Crippen LogP contribution in [0, 0.1) is 11.8 Å². The minimum atomic E-state index is -0.491. The van der Waals surface area contributed by atoms with Crippen molar-refractivity contribution < 1.29 is 14.3 Å². The summed E-state index contributed by atoms with van der Waals surface area (Å²) in [6, 6.07) is 3.19. The zero-order chi connectivity index (χ0) is 15.7. The molecule has 0 unspecified atom stereocenters. The van der Waals surface area contributed by atoms with Crippen LogP contribution in [0.25, 0.3) is 0 Å². The lowest BCUT2D eigenvalue weighted by atomic mass is 9.89. The van der Waals surface area contributed by atoms with Crippen molar-refractivity contribution in [3.8, 4) is 0 Å². The first-order chi connectivity index (χ1) is 10.6. The molecule has 0 saturated carbocycles. The lowest BCUT2D eigenvalue weighted by Crippen LogP contribution is -2.37. The highest BCUT2D eigenvalue weighted by Crippen LogP contribution is 2.31. The van der Waals surface area contributed by atoms with E-state index >= 15 is 0 Å². The number of pyridine rings is 1. The van der Waals surface area contributed by atoms with Crippen molar-refractivity contribution >= 4 is 11.9 Å². The Morgan fingerprint density at radius 2 is 2.00 bits per heavy atom. The molecule has 0 spiro atoms. The molecule has 2 atom stereocenters. The van der Waals surface area contributed by atoms with Crippen LogP contribution in [0.1, 0.15) is 27.3 Å². The molecule has 22 heavy (non-hydrogen) atoms. The summed E-state index contributed by atoms with van der Waals surface area (Å²) in [6.45, 7) is 3.81. The standard InChI is InChI=1S/C16H21N3O3/c1-18-6-5-12-9-19(10-13(12)8-18)15(20)11-3-4-14(17-7-11)16(21)22-2/h3-4,7,12-13H,5-6,8-10H2,1-2H3/t12-,13+/m0/s1. The zero-order valence-electron chi connectivity index (χ0n) is 13.0. The van der Waals surface area contributed by atoms with Gasteiger partial charge in [-0.15, -0.1) is 0 Å². The van der Waals surface area contributed by atoms with Gasteiger partial charge in [-0.1, -0.05) is 0 Å². The van der Waals surface area contributed by atoms with Crippen LogP contribution in [-0.2, 0) is 4.74 Å². The van der Waals surface area contributed by atoms with Crippen molar-refractivity contribution in [3.63, 3.8) is 0 Å². The second-order valence-corrected chi connectivity index (χ2v) is 6.20. The van der Waals surface area contributed by atoms with E-state index in [1.807, 2.05) is 4.90 Å². The number of likely N-dealkylation sites (tertiary alicyclic amines) is 2. The van der Waals surface area contributed by atoms with E-state index in [2.05, 4.69) is 21.7 Å². The smallest absolute Gasteiger partial charge is 0.356 e. The molecular weight excluding hydrogens is 282 g/mol. The fraction of sp³-hybridized carbons (Fsp3) is 0.562. The van der Waals surface area contributed by atoms with Crippen LogP contribution in [0.15, 0.2) is 18.3 Å². The number of nitrogens with zero attached hydrogens (tertiary/aromatic N) is 3. The van der Waals surface area contributed by atoms with Crippen molar-refractivity contribution in [3.05, 3.63) is 29.6 Å². The monoisotopic (exact) mass is 303 g/mol. The highest BCUT2D eigenvalue weighted by Gasteiger charge is 2.38. The summed E-state index contributed by atoms with van der Waals surface area (Å²) in [5.41, 5.74) is 0.746. The van der Waals surface area contributed by atoms with Gasteiger partial charge in [-0.3, -0.25) is 4.79 Å². The molecule has 0 aliphatic carbocycles. The van der Waals surface area contributed by atoms with Crippen molar-refractivity contribution in [2.75, 3.05) is 40.3 Å². The SMILES string of the molecule is COC(=O)c1ccc(C(=O)N2C[C@H]3CN(C)CC[C@H]3C2)cn1. The molecule has 0 aromatic carbocycles. The average Bonchev–Trinajstić information content (AvgIpc) is 2.96. The number of hydrogen-bond acceptors (Lipinski definition) is 5. The molecule has 6 heteroatoms. The number of ether oxygens (including phenoxy) is 1. The third-order valence-electron chi connectivity index (χ3n) is 4.70. The first-order valence-corrected chi connectivity index (χ1v) is 7.60. The molecule has 118 valence electrons. The molecule has 2 aliphatic rings. The van der Waals surface area contributed by atoms with Crippen LogP contribution >= 0.6 is 0 Å². The van der Waals surface area contributed by atoms with E-state index in [0.29, 0.717) is 17.4 Å². The van der Waals surface area contributed by atoms with Crippen molar-refractivity contribution in [1.82, 2.24) is 14.8 Å². The molecule has 2 fully saturated rings. The van der Waals surface area contributed by atoms with Crippen LogP contribution in [-0.4, -0.2) is 67.0 Å². The summed E-state index contributed by atoms with van der Waals surface area (Å²) in [7, 11) is 3.45. The molecular formula is C16H21N3O3. The fourth-order valence-electron chi connectivity index (χ4n) is 3.44. The summed E-state index contributed by atoms with van der Waals surface area (Å²) in [4.78, 5) is 32.2. The van der Waals surface area contributed by atoms with Gasteiger partial charge in [-0.2, -0.15) is 0 Å². The molecule has 0 N–H and O–H groups in total. The Bertz CT molecular complexity index is 573. The van der Waals surface area contributed by atoms with E-state index in [9.17, 15) is 9.59 Å². The van der Waals surface area contributed by atoms with Gasteiger partial charge in [0, 0.05) is 25.8 Å². The van der Waals surface area contributed by atoms with E-state index in [-0.39, 0.29) is 11.6 Å². The minimum Gasteiger partial charge on any atom is -0.464 e. The molecule has 3 heterocycles. The third kappa shape index (κ3) is 2.83. The lowest BCUT2D eigenvalue weighted by Gasteiger charge is -2.31. The highest BCUT2D eigenvalue weighted by atomic mass is 16.5. The second-order valence-electron chi connectivity index (χ2n) is 6.20. The molecule has 1 amide bonds. The van der Waals surface area contributed by atoms with Gasteiger partial charge < -0.3 is 14.5 Å². The van der Waals surface area contributed by atoms with E-state index in [1.54, 1.807) is 6.07 Å². The van der Waals surface area contributed by atoms with Gasteiger partial charge >= 0.3 is 5.97 Å². The number of piperidine rings is 1. The summed E-state index contributed by atoms with van der Waals surface area (Å²) in [5, 5.41) is 0. The fourth-order valence-corrected chi connectivity index (χ4v) is 3.44. The number of aromatic nitrogens is 1. The summed E-state index contributed by atoms with van der Waals surface area (Å²) in [5.74, 6) is 0.697. The summed E-state index contributed by atoms with van der Waals surface area (Å²) >= 11 is 0. The van der Waals surface area contributed by atoms with E-state index in [4.69, 9.17) is 0 Å². The van der Waals surface area contributed by atoms with Crippen LogP contribution < -0.4 is 0 Å². The normalized spacial score (nSPS) is 24.9. The molecule has 1 aromatic rings. The molecule has 2 saturated heterocycles. The van der Waals surface area contributed by atoms with Crippen LogP contribution in [0.2, 0.25) is 0 Å². The molecule has 3 rings (SSSR count). The lowest BCUT2D eigenvalue weighted by molar-refractivity contribution is 0.0593. The van der Waals surface area contributed by atoms with Crippen LogP contribution in [0.4, 0.5) is 0 Å². The van der Waals surface area contributed by atoms with Crippen LogP contribution in [0.5, 0.6) is 0 Å². The van der Waals surface area contributed by atoms with Gasteiger partial charge in [-0.25, -0.2) is 9.78 Å². The van der Waals surface area contributed by atoms with Gasteiger partial charge in [0.1, 0.15) is 5.69 Å². The Hall–Kier alpha value is -1.95. The van der Waals surface area contributed by atoms with Gasteiger partial charge in [0.15, 0.2) is 0 Å². The Labute approximate surface area is 130 Å². The predicted molar refractivity (Wildman–Crippen MR) is 80.6 cm³/mol. The number of rotatable bonds is 2. The maximum Gasteiger partial charge on any atom is 0.356 e. The zero-order valence-corrected chi connectivity index (χ0v) is 13.0. The Balaban J connectivity index is 1.68. The summed E-state index contributed by atoms with van der Waals surface area (Å²) in [6.07, 6.45) is 2.62. The molecule has 6 nitrogen and oxygen atoms in total. The number of carbonyl (C=O) groups excluding carboxylic acids is 2. The van der Waals surface area contributed by atoms with Gasteiger partial charge in [0.2, 0.25) is 0 Å². The largest absolute Gasteiger partial charge is 0.464 e. The first-order valence-electron chi connectivity index (χ1n) is 7.60. The van der Waals surface area contributed by atoms with Gasteiger partial charge in [0.25, 0.3) is 5.91 Å². The third-order valence-corrected chi connectivity index (χ3v) is 4.70. The van der Waals surface area contributed by atoms with Crippen molar-refractivity contribution in [1.29, 1.82) is 0 Å². The predicted octanol–water partition coefficient (Wildman–Crippen LogP) is 0.892. The molecule has 1 aromatic heterocycles. The number of methoxy groups -OCH3 is 1. The van der Waals surface area contributed by atoms with Gasteiger partial charge in [-0.05, 0) is 44.0 Å². The number of hydrogen-bond donors (Lipinski definition) is 0. The Morgan fingerprint density at radius 3 is 2.68 bits per heavy atom. The average molecular weight is 303 g/mol. The minimum absolute atomic E-state index is 0.000897. The molecule has 0 bridgehead atoms. The van der Waals surface area contributed by atoms with Crippen molar-refractivity contribution in [2.45, 2.75) is 6.42 Å². The quantitative estimate of drug-likeness (QED) is 0.759. The van der Waals surface area contributed by atoms with Gasteiger partial charge in [0.05, 0.1) is 12.7 Å². The number of fused-ring (bicyclic) bond motifs is 1. The topological polar surface area (TPSA) is 62.7 Å². The summed E-state index contributed by atoms with van der Waals surface area (Å²) < 4.78 is 4.61. The van der Waals surface area contributed by atoms with Crippen LogP contribution in [0.3, 0.4) is 0 Å². The van der Waals surface area contributed by atoms with E-state index < -0.39 is 5.97 Å². The number of amides is 1. The Kier molecular flexibility index (Phi) is 4.11. The maximum absolute atomic E-state index is 12.6. The molecule has 2 aliphatic heterocycles. The molecule has 0 radical (unpaired) electrons. The van der Waals surface area contributed by atoms with E-state index in [1.165, 1.54) is 19.4 Å².